The molecule has 1 aliphatic rings. The van der Waals surface area contributed by atoms with Gasteiger partial charge in [0.25, 0.3) is 5.91 Å². The van der Waals surface area contributed by atoms with E-state index >= 15 is 0 Å². The number of rotatable bonds is 5. The number of aromatic nitrogens is 1. The van der Waals surface area contributed by atoms with Gasteiger partial charge in [0.1, 0.15) is 0 Å². The number of halogens is 1. The second-order valence-electron chi connectivity index (χ2n) is 7.80. The van der Waals surface area contributed by atoms with E-state index in [0.717, 1.165) is 33.3 Å². The van der Waals surface area contributed by atoms with E-state index in [2.05, 4.69) is 0 Å². The Bertz CT molecular complexity index is 1260. The van der Waals surface area contributed by atoms with E-state index in [0.29, 0.717) is 23.6 Å². The second-order valence-corrected chi connectivity index (χ2v) is 8.23. The van der Waals surface area contributed by atoms with Crippen molar-refractivity contribution >= 4 is 28.4 Å². The number of amides is 1. The first-order valence-corrected chi connectivity index (χ1v) is 10.7. The van der Waals surface area contributed by atoms with Crippen molar-refractivity contribution in [2.45, 2.75) is 19.0 Å². The van der Waals surface area contributed by atoms with Crippen LogP contribution in [-0.4, -0.2) is 33.5 Å². The van der Waals surface area contributed by atoms with E-state index in [9.17, 15) is 9.90 Å². The molecule has 1 aliphatic heterocycles. The molecular weight excluding hydrogens is 408 g/mol. The maximum atomic E-state index is 13.7. The number of benzene rings is 3. The Kier molecular flexibility index (Phi) is 5.18. The molecule has 2 heterocycles. The summed E-state index contributed by atoms with van der Waals surface area (Å²) >= 11 is 6.30. The lowest BCUT2D eigenvalue weighted by atomic mass is 9.95. The van der Waals surface area contributed by atoms with Crippen molar-refractivity contribution in [2.75, 3.05) is 6.61 Å². The molecule has 0 spiro atoms. The summed E-state index contributed by atoms with van der Waals surface area (Å²) in [5.74, 6) is -0.0989. The van der Waals surface area contributed by atoms with Crippen LogP contribution in [0.2, 0.25) is 5.02 Å². The van der Waals surface area contributed by atoms with Gasteiger partial charge in [-0.15, -0.1) is 0 Å². The van der Waals surface area contributed by atoms with Gasteiger partial charge in [-0.1, -0.05) is 72.3 Å². The topological polar surface area (TPSA) is 53.4 Å². The van der Waals surface area contributed by atoms with Crippen LogP contribution in [0.3, 0.4) is 0 Å². The summed E-state index contributed by atoms with van der Waals surface area (Å²) < 4.78 is 0. The number of carbonyl (C=O) groups excluding carboxylic acids is 1. The standard InChI is InChI=1S/C26H21ClN2O2/c27-19-11-12-22-21(14-19)24(18-9-5-2-6-10-18)25-23(28-22)15-29(26(25)31)20(16-30)13-17-7-3-1-4-8-17/h1-12,14,20,30H,13,15-16H2/t20-/m0/s1. The zero-order valence-electron chi connectivity index (χ0n) is 16.8. The number of hydrogen-bond acceptors (Lipinski definition) is 3. The first kappa shape index (κ1) is 19.7. The third-order valence-corrected chi connectivity index (χ3v) is 6.08. The minimum Gasteiger partial charge on any atom is -0.394 e. The van der Waals surface area contributed by atoms with Gasteiger partial charge in [-0.05, 0) is 35.7 Å². The quantitative estimate of drug-likeness (QED) is 0.480. The molecule has 1 atom stereocenters. The molecule has 5 heteroatoms. The lowest BCUT2D eigenvalue weighted by Gasteiger charge is -2.26. The van der Waals surface area contributed by atoms with Crippen LogP contribution >= 0.6 is 11.6 Å². The summed E-state index contributed by atoms with van der Waals surface area (Å²) in [6.07, 6.45) is 0.586. The van der Waals surface area contributed by atoms with E-state index in [4.69, 9.17) is 16.6 Å². The van der Waals surface area contributed by atoms with E-state index in [1.54, 1.807) is 4.90 Å². The zero-order chi connectivity index (χ0) is 21.4. The summed E-state index contributed by atoms with van der Waals surface area (Å²) in [7, 11) is 0. The van der Waals surface area contributed by atoms with Crippen molar-refractivity contribution in [1.82, 2.24) is 9.88 Å². The molecule has 0 fully saturated rings. The molecule has 154 valence electrons. The van der Waals surface area contributed by atoms with Gasteiger partial charge in [0.15, 0.2) is 0 Å². The highest BCUT2D eigenvalue weighted by atomic mass is 35.5. The van der Waals surface area contributed by atoms with Crippen LogP contribution in [0.25, 0.3) is 22.0 Å². The molecule has 1 N–H and O–H groups in total. The largest absolute Gasteiger partial charge is 0.394 e. The maximum absolute atomic E-state index is 13.7. The smallest absolute Gasteiger partial charge is 0.257 e. The van der Waals surface area contributed by atoms with E-state index in [-0.39, 0.29) is 18.6 Å². The number of pyridine rings is 1. The Morgan fingerprint density at radius 2 is 1.68 bits per heavy atom. The van der Waals surface area contributed by atoms with Crippen LogP contribution in [-0.2, 0) is 13.0 Å². The summed E-state index contributed by atoms with van der Waals surface area (Å²) in [5.41, 5.74) is 5.04. The van der Waals surface area contributed by atoms with E-state index in [1.165, 1.54) is 0 Å². The van der Waals surface area contributed by atoms with Gasteiger partial charge < -0.3 is 10.0 Å². The minimum absolute atomic E-state index is 0.0989. The van der Waals surface area contributed by atoms with Crippen molar-refractivity contribution in [3.63, 3.8) is 0 Å². The fourth-order valence-corrected chi connectivity index (χ4v) is 4.54. The molecule has 3 aromatic carbocycles. The Labute approximate surface area is 185 Å². The van der Waals surface area contributed by atoms with Gasteiger partial charge in [0.05, 0.1) is 36.0 Å². The number of fused-ring (bicyclic) bond motifs is 2. The monoisotopic (exact) mass is 428 g/mol. The molecule has 31 heavy (non-hydrogen) atoms. The molecule has 1 aromatic heterocycles. The van der Waals surface area contributed by atoms with Crippen LogP contribution in [0.1, 0.15) is 21.6 Å². The first-order valence-electron chi connectivity index (χ1n) is 10.3. The molecule has 1 amide bonds. The third-order valence-electron chi connectivity index (χ3n) is 5.84. The highest BCUT2D eigenvalue weighted by Gasteiger charge is 2.36. The molecule has 0 aliphatic carbocycles. The van der Waals surface area contributed by atoms with Gasteiger partial charge in [-0.2, -0.15) is 0 Å². The fourth-order valence-electron chi connectivity index (χ4n) is 4.37. The maximum Gasteiger partial charge on any atom is 0.257 e. The Hall–Kier alpha value is -3.21. The van der Waals surface area contributed by atoms with Crippen LogP contribution in [0.15, 0.2) is 78.9 Å². The van der Waals surface area contributed by atoms with Crippen molar-refractivity contribution < 1.29 is 9.90 Å². The zero-order valence-corrected chi connectivity index (χ0v) is 17.6. The Morgan fingerprint density at radius 3 is 2.39 bits per heavy atom. The van der Waals surface area contributed by atoms with Gasteiger partial charge in [-0.3, -0.25) is 9.78 Å². The highest BCUT2D eigenvalue weighted by molar-refractivity contribution is 6.31. The van der Waals surface area contributed by atoms with Crippen molar-refractivity contribution in [3.8, 4) is 11.1 Å². The minimum atomic E-state index is -0.320. The molecule has 0 unspecified atom stereocenters. The summed E-state index contributed by atoms with van der Waals surface area (Å²) in [6, 6.07) is 25.1. The summed E-state index contributed by atoms with van der Waals surface area (Å²) in [5, 5.41) is 11.6. The normalized spacial score (nSPS) is 14.1. The summed E-state index contributed by atoms with van der Waals surface area (Å²) in [4.78, 5) is 20.2. The average molecular weight is 429 g/mol. The molecule has 4 aromatic rings. The third kappa shape index (κ3) is 3.58. The average Bonchev–Trinajstić information content (AvgIpc) is 3.13. The molecule has 4 nitrogen and oxygen atoms in total. The number of hydrogen-bond donors (Lipinski definition) is 1. The molecule has 5 rings (SSSR count). The van der Waals surface area contributed by atoms with Crippen LogP contribution in [0, 0.1) is 0 Å². The van der Waals surface area contributed by atoms with E-state index < -0.39 is 0 Å². The van der Waals surface area contributed by atoms with Gasteiger partial charge in [0, 0.05) is 16.0 Å². The SMILES string of the molecule is O=C1c2c(nc3ccc(Cl)cc3c2-c2ccccc2)CN1[C@H](CO)Cc1ccccc1. The molecule has 0 saturated carbocycles. The van der Waals surface area contributed by atoms with Crippen LogP contribution in [0.4, 0.5) is 0 Å². The molecule has 0 saturated heterocycles. The lowest BCUT2D eigenvalue weighted by Crippen LogP contribution is -2.39. The first-order chi connectivity index (χ1) is 15.2. The van der Waals surface area contributed by atoms with Crippen LogP contribution < -0.4 is 0 Å². The predicted octanol–water partition coefficient (Wildman–Crippen LogP) is 5.11. The molecule has 0 bridgehead atoms. The van der Waals surface area contributed by atoms with E-state index in [1.807, 2.05) is 78.9 Å². The fraction of sp³-hybridized carbons (Fsp3) is 0.154. The van der Waals surface area contributed by atoms with Crippen molar-refractivity contribution in [3.05, 3.63) is 101 Å². The van der Waals surface area contributed by atoms with Crippen molar-refractivity contribution in [1.29, 1.82) is 0 Å². The lowest BCUT2D eigenvalue weighted by molar-refractivity contribution is 0.0617. The highest BCUT2D eigenvalue weighted by Crippen LogP contribution is 2.39. The second kappa shape index (κ2) is 8.14. The number of aliphatic hydroxyl groups excluding tert-OH is 1. The molecule has 0 radical (unpaired) electrons. The number of aliphatic hydroxyl groups is 1. The predicted molar refractivity (Wildman–Crippen MR) is 123 cm³/mol. The number of nitrogens with zero attached hydrogens (tertiary/aromatic N) is 2. The van der Waals surface area contributed by atoms with Gasteiger partial charge in [0.2, 0.25) is 0 Å². The molecular formula is C26H21ClN2O2. The Morgan fingerprint density at radius 1 is 0.968 bits per heavy atom. The Balaban J connectivity index is 1.63. The summed E-state index contributed by atoms with van der Waals surface area (Å²) in [6.45, 7) is 0.269. The van der Waals surface area contributed by atoms with Crippen molar-refractivity contribution in [2.24, 2.45) is 0 Å². The number of carbonyl (C=O) groups is 1. The van der Waals surface area contributed by atoms with Gasteiger partial charge >= 0.3 is 0 Å². The van der Waals surface area contributed by atoms with Gasteiger partial charge in [-0.25, -0.2) is 0 Å². The van der Waals surface area contributed by atoms with Crippen LogP contribution in [0.5, 0.6) is 0 Å².